The summed E-state index contributed by atoms with van der Waals surface area (Å²) in [4.78, 5) is 0.179. The van der Waals surface area contributed by atoms with Crippen LogP contribution in [0.3, 0.4) is 0 Å². The van der Waals surface area contributed by atoms with Crippen molar-refractivity contribution in [3.8, 4) is 0 Å². The summed E-state index contributed by atoms with van der Waals surface area (Å²) in [5.41, 5.74) is 1.78. The molecule has 0 radical (unpaired) electrons. The minimum atomic E-state index is -3.66. The number of benzene rings is 1. The molecule has 0 fully saturated rings. The Labute approximate surface area is 123 Å². The molecule has 1 aromatic carbocycles. The van der Waals surface area contributed by atoms with E-state index in [1.165, 1.54) is 6.20 Å². The minimum absolute atomic E-state index is 0.179. The molecule has 108 valence electrons. The van der Waals surface area contributed by atoms with Gasteiger partial charge >= 0.3 is 0 Å². The van der Waals surface area contributed by atoms with E-state index < -0.39 is 10.0 Å². The number of aromatic nitrogens is 2. The summed E-state index contributed by atoms with van der Waals surface area (Å²) in [5.74, 6) is 0. The second kappa shape index (κ2) is 5.46. The Balaban J connectivity index is 2.41. The largest absolute Gasteiger partial charge is 0.279 e. The highest BCUT2D eigenvalue weighted by Gasteiger charge is 2.21. The van der Waals surface area contributed by atoms with Crippen LogP contribution in [0, 0.1) is 13.8 Å². The lowest BCUT2D eigenvalue weighted by atomic mass is 10.2. The van der Waals surface area contributed by atoms with Crippen LogP contribution < -0.4 is 4.72 Å². The van der Waals surface area contributed by atoms with Gasteiger partial charge in [0.05, 0.1) is 17.6 Å². The molecule has 1 N–H and O–H groups in total. The van der Waals surface area contributed by atoms with Gasteiger partial charge in [-0.25, -0.2) is 8.42 Å². The normalized spacial score (nSPS) is 11.6. The van der Waals surface area contributed by atoms with Crippen LogP contribution in [0.1, 0.15) is 18.2 Å². The SMILES string of the molecule is CCn1ncc(S(=O)(=O)Nc2cccc(Cl)c2C)c1C. The van der Waals surface area contributed by atoms with Crippen molar-refractivity contribution in [1.82, 2.24) is 9.78 Å². The molecule has 0 bridgehead atoms. The predicted octanol–water partition coefficient (Wildman–Crippen LogP) is 2.97. The number of rotatable bonds is 4. The smallest absolute Gasteiger partial charge is 0.265 e. The molecule has 1 heterocycles. The van der Waals surface area contributed by atoms with Gasteiger partial charge in [0, 0.05) is 11.6 Å². The molecule has 0 unspecified atom stereocenters. The van der Waals surface area contributed by atoms with Crippen molar-refractivity contribution in [2.75, 3.05) is 4.72 Å². The van der Waals surface area contributed by atoms with Gasteiger partial charge in [-0.3, -0.25) is 9.40 Å². The van der Waals surface area contributed by atoms with E-state index in [9.17, 15) is 8.42 Å². The molecule has 0 amide bonds. The molecule has 0 spiro atoms. The summed E-state index contributed by atoms with van der Waals surface area (Å²) >= 11 is 6.00. The third kappa shape index (κ3) is 2.66. The number of nitrogens with one attached hydrogen (secondary N) is 1. The molecule has 2 rings (SSSR count). The Morgan fingerprint density at radius 1 is 1.35 bits per heavy atom. The highest BCUT2D eigenvalue weighted by molar-refractivity contribution is 7.92. The lowest BCUT2D eigenvalue weighted by molar-refractivity contribution is 0.598. The number of nitrogens with zero attached hydrogens (tertiary/aromatic N) is 2. The van der Waals surface area contributed by atoms with Gasteiger partial charge in [0.1, 0.15) is 4.90 Å². The van der Waals surface area contributed by atoms with Crippen LogP contribution in [0.2, 0.25) is 5.02 Å². The minimum Gasteiger partial charge on any atom is -0.279 e. The van der Waals surface area contributed by atoms with Crippen LogP contribution in [-0.2, 0) is 16.6 Å². The van der Waals surface area contributed by atoms with Crippen LogP contribution in [0.25, 0.3) is 0 Å². The van der Waals surface area contributed by atoms with Gasteiger partial charge in [0.2, 0.25) is 0 Å². The molecule has 0 aliphatic heterocycles. The molecule has 20 heavy (non-hydrogen) atoms. The van der Waals surface area contributed by atoms with Gasteiger partial charge in [-0.15, -0.1) is 0 Å². The van der Waals surface area contributed by atoms with Gasteiger partial charge in [-0.05, 0) is 38.5 Å². The maximum Gasteiger partial charge on any atom is 0.265 e. The van der Waals surface area contributed by atoms with Crippen molar-refractivity contribution in [2.24, 2.45) is 0 Å². The van der Waals surface area contributed by atoms with E-state index in [2.05, 4.69) is 9.82 Å². The quantitative estimate of drug-likeness (QED) is 0.943. The highest BCUT2D eigenvalue weighted by Crippen LogP contribution is 2.26. The lowest BCUT2D eigenvalue weighted by Crippen LogP contribution is -2.15. The van der Waals surface area contributed by atoms with Crippen molar-refractivity contribution in [3.63, 3.8) is 0 Å². The molecule has 7 heteroatoms. The molecule has 0 aliphatic rings. The van der Waals surface area contributed by atoms with Crippen LogP contribution in [0.15, 0.2) is 29.3 Å². The maximum atomic E-state index is 12.4. The Bertz CT molecular complexity index is 738. The third-order valence-electron chi connectivity index (χ3n) is 3.16. The molecule has 0 atom stereocenters. The maximum absolute atomic E-state index is 12.4. The molecular weight excluding hydrogens is 298 g/mol. The molecule has 0 saturated heterocycles. The fourth-order valence-electron chi connectivity index (χ4n) is 1.93. The van der Waals surface area contributed by atoms with E-state index >= 15 is 0 Å². The van der Waals surface area contributed by atoms with Gasteiger partial charge in [0.25, 0.3) is 10.0 Å². The number of sulfonamides is 1. The summed E-state index contributed by atoms with van der Waals surface area (Å²) in [6.45, 7) is 6.03. The first-order valence-electron chi connectivity index (χ1n) is 6.17. The standard InChI is InChI=1S/C13H16ClN3O2S/c1-4-17-10(3)13(8-15-17)20(18,19)16-12-7-5-6-11(14)9(12)2/h5-8,16H,4H2,1-3H3. The van der Waals surface area contributed by atoms with Crippen molar-refractivity contribution in [1.29, 1.82) is 0 Å². The fraction of sp³-hybridized carbons (Fsp3) is 0.308. The topological polar surface area (TPSA) is 64.0 Å². The van der Waals surface area contributed by atoms with Crippen LogP contribution in [-0.4, -0.2) is 18.2 Å². The molecule has 5 nitrogen and oxygen atoms in total. The number of aryl methyl sites for hydroxylation is 1. The van der Waals surface area contributed by atoms with Crippen LogP contribution >= 0.6 is 11.6 Å². The number of halogens is 1. The first-order chi connectivity index (χ1) is 9.36. The summed E-state index contributed by atoms with van der Waals surface area (Å²) in [6, 6.07) is 5.10. The first-order valence-corrected chi connectivity index (χ1v) is 8.03. The Hall–Kier alpha value is -1.53. The molecule has 1 aromatic heterocycles. The molecule has 0 saturated carbocycles. The van der Waals surface area contributed by atoms with E-state index in [0.29, 0.717) is 28.5 Å². The third-order valence-corrected chi connectivity index (χ3v) is 5.04. The van der Waals surface area contributed by atoms with Gasteiger partial charge in [0.15, 0.2) is 0 Å². The van der Waals surface area contributed by atoms with Crippen LogP contribution in [0.5, 0.6) is 0 Å². The van der Waals surface area contributed by atoms with Crippen molar-refractivity contribution < 1.29 is 8.42 Å². The summed E-state index contributed by atoms with van der Waals surface area (Å²) in [7, 11) is -3.66. The van der Waals surface area contributed by atoms with Crippen molar-refractivity contribution in [2.45, 2.75) is 32.2 Å². The highest BCUT2D eigenvalue weighted by atomic mass is 35.5. The summed E-state index contributed by atoms with van der Waals surface area (Å²) < 4.78 is 29.0. The fourth-order valence-corrected chi connectivity index (χ4v) is 3.41. The van der Waals surface area contributed by atoms with E-state index in [1.54, 1.807) is 36.7 Å². The number of hydrogen-bond acceptors (Lipinski definition) is 3. The van der Waals surface area contributed by atoms with Crippen molar-refractivity contribution in [3.05, 3.63) is 40.7 Å². The Morgan fingerprint density at radius 2 is 2.05 bits per heavy atom. The zero-order valence-electron chi connectivity index (χ0n) is 11.5. The Kier molecular flexibility index (Phi) is 4.06. The zero-order chi connectivity index (χ0) is 14.9. The van der Waals surface area contributed by atoms with Gasteiger partial charge in [-0.2, -0.15) is 5.10 Å². The Morgan fingerprint density at radius 3 is 2.65 bits per heavy atom. The first kappa shape index (κ1) is 14.9. The van der Waals surface area contributed by atoms with E-state index in [1.807, 2.05) is 6.92 Å². The molecular formula is C13H16ClN3O2S. The zero-order valence-corrected chi connectivity index (χ0v) is 13.1. The monoisotopic (exact) mass is 313 g/mol. The lowest BCUT2D eigenvalue weighted by Gasteiger charge is -2.11. The summed E-state index contributed by atoms with van der Waals surface area (Å²) in [5, 5.41) is 4.57. The number of hydrogen-bond donors (Lipinski definition) is 1. The average Bonchev–Trinajstić information content (AvgIpc) is 2.76. The second-order valence-corrected chi connectivity index (χ2v) is 6.49. The van der Waals surface area contributed by atoms with E-state index in [4.69, 9.17) is 11.6 Å². The molecule has 0 aliphatic carbocycles. The van der Waals surface area contributed by atoms with E-state index in [-0.39, 0.29) is 4.90 Å². The predicted molar refractivity (Wildman–Crippen MR) is 79.6 cm³/mol. The van der Waals surface area contributed by atoms with E-state index in [0.717, 1.165) is 0 Å². The van der Waals surface area contributed by atoms with Gasteiger partial charge in [-0.1, -0.05) is 17.7 Å². The van der Waals surface area contributed by atoms with Crippen LogP contribution in [0.4, 0.5) is 5.69 Å². The second-order valence-electron chi connectivity index (χ2n) is 4.43. The van der Waals surface area contributed by atoms with Crippen molar-refractivity contribution >= 4 is 27.3 Å². The molecule has 2 aromatic rings. The van der Waals surface area contributed by atoms with Gasteiger partial charge < -0.3 is 0 Å². The summed E-state index contributed by atoms with van der Waals surface area (Å²) in [6.07, 6.45) is 1.36. The number of anilines is 1. The average molecular weight is 314 g/mol.